The van der Waals surface area contributed by atoms with E-state index in [2.05, 4.69) is 22.6 Å². The standard InChI is InChI=1S/C18H22INO4/c1-5-24-17(23)13-9-20(15(10-21)18(2,3)4)14-7-6-11(19)8-12(14)16(13)22/h6-9,15,21H,5,10H2,1-4H3. The first-order valence-electron chi connectivity index (χ1n) is 7.83. The topological polar surface area (TPSA) is 68.5 Å². The van der Waals surface area contributed by atoms with Crippen LogP contribution in [-0.4, -0.2) is 28.9 Å². The van der Waals surface area contributed by atoms with Gasteiger partial charge >= 0.3 is 5.97 Å². The van der Waals surface area contributed by atoms with E-state index in [4.69, 9.17) is 4.74 Å². The fourth-order valence-electron chi connectivity index (χ4n) is 2.72. The molecular weight excluding hydrogens is 421 g/mol. The Morgan fingerprint density at radius 1 is 1.38 bits per heavy atom. The highest BCUT2D eigenvalue weighted by Gasteiger charge is 2.28. The summed E-state index contributed by atoms with van der Waals surface area (Å²) < 4.78 is 7.75. The number of aliphatic hydroxyl groups is 1. The minimum absolute atomic E-state index is 0.00551. The van der Waals surface area contributed by atoms with Gasteiger partial charge in [-0.1, -0.05) is 20.8 Å². The van der Waals surface area contributed by atoms with Crippen molar-refractivity contribution in [1.82, 2.24) is 4.57 Å². The van der Waals surface area contributed by atoms with E-state index < -0.39 is 5.97 Å². The van der Waals surface area contributed by atoms with Crippen molar-refractivity contribution in [3.8, 4) is 0 Å². The molecule has 1 heterocycles. The predicted octanol–water partition coefficient (Wildman–Crippen LogP) is 3.36. The van der Waals surface area contributed by atoms with Crippen molar-refractivity contribution in [2.75, 3.05) is 13.2 Å². The summed E-state index contributed by atoms with van der Waals surface area (Å²) in [6.07, 6.45) is 1.52. The van der Waals surface area contributed by atoms with Gasteiger partial charge in [0.2, 0.25) is 5.43 Å². The largest absolute Gasteiger partial charge is 0.462 e. The van der Waals surface area contributed by atoms with Crippen LogP contribution in [0.25, 0.3) is 10.9 Å². The Kier molecular flexibility index (Phi) is 5.70. The van der Waals surface area contributed by atoms with Crippen LogP contribution in [0.2, 0.25) is 0 Å². The quantitative estimate of drug-likeness (QED) is 0.582. The number of hydrogen-bond acceptors (Lipinski definition) is 4. The second kappa shape index (κ2) is 7.23. The lowest BCUT2D eigenvalue weighted by Crippen LogP contribution is -2.30. The fraction of sp³-hybridized carbons (Fsp3) is 0.444. The van der Waals surface area contributed by atoms with Gasteiger partial charge in [0, 0.05) is 15.2 Å². The average molecular weight is 443 g/mol. The van der Waals surface area contributed by atoms with E-state index in [0.717, 1.165) is 3.57 Å². The lowest BCUT2D eigenvalue weighted by molar-refractivity contribution is 0.0522. The second-order valence-corrected chi connectivity index (χ2v) is 7.97. The van der Waals surface area contributed by atoms with Crippen LogP contribution in [0.15, 0.2) is 29.2 Å². The second-order valence-electron chi connectivity index (χ2n) is 6.73. The first-order valence-corrected chi connectivity index (χ1v) is 8.91. The molecule has 130 valence electrons. The van der Waals surface area contributed by atoms with Gasteiger partial charge in [0.05, 0.1) is 24.8 Å². The zero-order valence-corrected chi connectivity index (χ0v) is 16.5. The molecule has 24 heavy (non-hydrogen) atoms. The number of rotatable bonds is 4. The molecule has 1 aromatic heterocycles. The Bertz CT molecular complexity index is 820. The average Bonchev–Trinajstić information content (AvgIpc) is 2.49. The van der Waals surface area contributed by atoms with Crippen molar-refractivity contribution < 1.29 is 14.6 Å². The number of carbonyl (C=O) groups excluding carboxylic acids is 1. The molecule has 1 N–H and O–H groups in total. The molecular formula is C18H22INO4. The van der Waals surface area contributed by atoms with Gasteiger partial charge in [-0.15, -0.1) is 0 Å². The highest BCUT2D eigenvalue weighted by atomic mass is 127. The number of esters is 1. The van der Waals surface area contributed by atoms with Gasteiger partial charge < -0.3 is 14.4 Å². The van der Waals surface area contributed by atoms with E-state index in [1.54, 1.807) is 13.0 Å². The molecule has 1 aromatic carbocycles. The lowest BCUT2D eigenvalue weighted by Gasteiger charge is -2.32. The fourth-order valence-corrected chi connectivity index (χ4v) is 3.21. The zero-order valence-electron chi connectivity index (χ0n) is 14.3. The first-order chi connectivity index (χ1) is 11.2. The SMILES string of the molecule is CCOC(=O)c1cn(C(CO)C(C)(C)C)c2ccc(I)cc2c1=O. The van der Waals surface area contributed by atoms with Crippen molar-refractivity contribution in [2.24, 2.45) is 5.41 Å². The summed E-state index contributed by atoms with van der Waals surface area (Å²) in [6.45, 7) is 7.82. The molecule has 0 spiro atoms. The van der Waals surface area contributed by atoms with E-state index in [9.17, 15) is 14.7 Å². The number of hydrogen-bond donors (Lipinski definition) is 1. The number of carbonyl (C=O) groups is 1. The minimum atomic E-state index is -0.636. The van der Waals surface area contributed by atoms with Gasteiger partial charge in [-0.05, 0) is 53.1 Å². The first kappa shape index (κ1) is 18.9. The Morgan fingerprint density at radius 3 is 2.58 bits per heavy atom. The number of pyridine rings is 1. The summed E-state index contributed by atoms with van der Waals surface area (Å²) in [4.78, 5) is 24.9. The number of aliphatic hydroxyl groups excluding tert-OH is 1. The van der Waals surface area contributed by atoms with E-state index in [1.807, 2.05) is 37.5 Å². The Hall–Kier alpha value is -1.41. The number of nitrogens with zero attached hydrogens (tertiary/aromatic N) is 1. The van der Waals surface area contributed by atoms with Crippen LogP contribution in [0, 0.1) is 8.99 Å². The summed E-state index contributed by atoms with van der Waals surface area (Å²) in [5, 5.41) is 10.4. The third-order valence-electron chi connectivity index (χ3n) is 4.00. The molecule has 0 radical (unpaired) electrons. The molecule has 0 saturated heterocycles. The molecule has 0 saturated carbocycles. The monoisotopic (exact) mass is 443 g/mol. The van der Waals surface area contributed by atoms with Crippen molar-refractivity contribution in [3.05, 3.63) is 43.8 Å². The summed E-state index contributed by atoms with van der Waals surface area (Å²) in [5.41, 5.74) is 0.0892. The Labute approximate surface area is 154 Å². The van der Waals surface area contributed by atoms with Crippen molar-refractivity contribution in [3.63, 3.8) is 0 Å². The maximum atomic E-state index is 12.7. The Balaban J connectivity index is 2.85. The van der Waals surface area contributed by atoms with Crippen LogP contribution in [0.3, 0.4) is 0 Å². The van der Waals surface area contributed by atoms with Gasteiger partial charge in [0.15, 0.2) is 0 Å². The third kappa shape index (κ3) is 3.64. The summed E-state index contributed by atoms with van der Waals surface area (Å²) in [5.74, 6) is -0.636. The minimum Gasteiger partial charge on any atom is -0.462 e. The van der Waals surface area contributed by atoms with Crippen molar-refractivity contribution in [1.29, 1.82) is 0 Å². The summed E-state index contributed by atoms with van der Waals surface area (Å²) in [7, 11) is 0. The van der Waals surface area contributed by atoms with Gasteiger partial charge in [-0.2, -0.15) is 0 Å². The van der Waals surface area contributed by atoms with E-state index in [1.165, 1.54) is 6.20 Å². The van der Waals surface area contributed by atoms with Crippen LogP contribution >= 0.6 is 22.6 Å². The maximum Gasteiger partial charge on any atom is 0.343 e. The zero-order chi connectivity index (χ0) is 18.1. The number of halogens is 1. The molecule has 0 fully saturated rings. The smallest absolute Gasteiger partial charge is 0.343 e. The number of ether oxygens (including phenoxy) is 1. The van der Waals surface area contributed by atoms with Gasteiger partial charge in [0.25, 0.3) is 0 Å². The lowest BCUT2D eigenvalue weighted by atomic mass is 9.86. The normalized spacial score (nSPS) is 13.1. The molecule has 0 bridgehead atoms. The summed E-state index contributed by atoms with van der Waals surface area (Å²) in [6, 6.07) is 5.23. The highest BCUT2D eigenvalue weighted by molar-refractivity contribution is 14.1. The van der Waals surface area contributed by atoms with Crippen molar-refractivity contribution in [2.45, 2.75) is 33.7 Å². The molecule has 0 aliphatic rings. The molecule has 1 atom stereocenters. The summed E-state index contributed by atoms with van der Waals surface area (Å²) >= 11 is 2.13. The molecule has 0 aliphatic carbocycles. The Morgan fingerprint density at radius 2 is 2.04 bits per heavy atom. The molecule has 0 aliphatic heterocycles. The number of fused-ring (bicyclic) bond motifs is 1. The highest BCUT2D eigenvalue weighted by Crippen LogP contribution is 2.32. The molecule has 1 unspecified atom stereocenters. The predicted molar refractivity (Wildman–Crippen MR) is 102 cm³/mol. The maximum absolute atomic E-state index is 12.7. The van der Waals surface area contributed by atoms with Crippen LogP contribution in [-0.2, 0) is 4.74 Å². The van der Waals surface area contributed by atoms with Crippen LogP contribution < -0.4 is 5.43 Å². The number of benzene rings is 1. The van der Waals surface area contributed by atoms with Crippen LogP contribution in [0.5, 0.6) is 0 Å². The molecule has 5 nitrogen and oxygen atoms in total. The van der Waals surface area contributed by atoms with E-state index >= 15 is 0 Å². The van der Waals surface area contributed by atoms with Gasteiger partial charge in [-0.25, -0.2) is 4.79 Å². The van der Waals surface area contributed by atoms with Crippen molar-refractivity contribution >= 4 is 39.5 Å². The molecule has 0 amide bonds. The van der Waals surface area contributed by atoms with Crippen LogP contribution in [0.4, 0.5) is 0 Å². The molecule has 6 heteroatoms. The van der Waals surface area contributed by atoms with Crippen LogP contribution in [0.1, 0.15) is 44.1 Å². The van der Waals surface area contributed by atoms with Gasteiger partial charge in [-0.3, -0.25) is 4.79 Å². The van der Waals surface area contributed by atoms with E-state index in [-0.39, 0.29) is 35.7 Å². The molecule has 2 rings (SSSR count). The molecule has 2 aromatic rings. The number of aromatic nitrogens is 1. The van der Waals surface area contributed by atoms with E-state index in [0.29, 0.717) is 10.9 Å². The van der Waals surface area contributed by atoms with Gasteiger partial charge in [0.1, 0.15) is 5.56 Å². The third-order valence-corrected chi connectivity index (χ3v) is 4.67.